The number of rotatable bonds is 4. The van der Waals surface area contributed by atoms with Gasteiger partial charge < -0.3 is 4.74 Å². The first-order valence-electron chi connectivity index (χ1n) is 5.00. The van der Waals surface area contributed by atoms with Gasteiger partial charge >= 0.3 is 5.97 Å². The Bertz CT molecular complexity index is 428. The van der Waals surface area contributed by atoms with Crippen molar-refractivity contribution in [2.75, 3.05) is 0 Å². The molecule has 16 heavy (non-hydrogen) atoms. The van der Waals surface area contributed by atoms with Crippen molar-refractivity contribution in [3.63, 3.8) is 0 Å². The van der Waals surface area contributed by atoms with Gasteiger partial charge in [-0.1, -0.05) is 49.1 Å². The molecule has 0 fully saturated rings. The number of esters is 1. The largest absolute Gasteiger partial charge is 0.423 e. The van der Waals surface area contributed by atoms with Gasteiger partial charge in [0, 0.05) is 11.6 Å². The van der Waals surface area contributed by atoms with E-state index < -0.39 is 0 Å². The fourth-order valence-electron chi connectivity index (χ4n) is 1.16. The van der Waals surface area contributed by atoms with E-state index in [9.17, 15) is 4.79 Å². The van der Waals surface area contributed by atoms with E-state index in [4.69, 9.17) is 4.74 Å². The third-order valence-electron chi connectivity index (χ3n) is 1.84. The van der Waals surface area contributed by atoms with Gasteiger partial charge in [-0.2, -0.15) is 0 Å². The Hall–Kier alpha value is -2.09. The van der Waals surface area contributed by atoms with Gasteiger partial charge in [0.2, 0.25) is 0 Å². The Balaban J connectivity index is 2.90. The van der Waals surface area contributed by atoms with E-state index >= 15 is 0 Å². The molecule has 0 aliphatic carbocycles. The number of ether oxygens (including phenoxy) is 1. The summed E-state index contributed by atoms with van der Waals surface area (Å²) >= 11 is 0. The number of para-hydroxylation sites is 1. The summed E-state index contributed by atoms with van der Waals surface area (Å²) in [5, 5.41) is 0. The Morgan fingerprint density at radius 1 is 1.38 bits per heavy atom. The summed E-state index contributed by atoms with van der Waals surface area (Å²) in [6, 6.07) is 7.34. The molecule has 1 aromatic rings. The zero-order valence-corrected chi connectivity index (χ0v) is 9.22. The lowest BCUT2D eigenvalue weighted by Gasteiger charge is -2.04. The number of hydrogen-bond donors (Lipinski definition) is 0. The lowest BCUT2D eigenvalue weighted by atomic mass is 10.2. The summed E-state index contributed by atoms with van der Waals surface area (Å²) in [6.45, 7) is 5.36. The normalized spacial score (nSPS) is 10.8. The van der Waals surface area contributed by atoms with E-state index in [1.165, 1.54) is 6.08 Å². The van der Waals surface area contributed by atoms with Crippen LogP contribution in [0.25, 0.3) is 6.08 Å². The number of carbonyl (C=O) groups excluding carboxylic acids is 1. The van der Waals surface area contributed by atoms with Crippen LogP contribution in [0.5, 0.6) is 5.75 Å². The van der Waals surface area contributed by atoms with Crippen molar-refractivity contribution < 1.29 is 9.53 Å². The van der Waals surface area contributed by atoms with Crippen molar-refractivity contribution in [3.05, 3.63) is 60.7 Å². The average molecular weight is 214 g/mol. The zero-order chi connectivity index (χ0) is 11.8. The van der Waals surface area contributed by atoms with Crippen LogP contribution in [-0.4, -0.2) is 5.97 Å². The van der Waals surface area contributed by atoms with Crippen LogP contribution in [0.2, 0.25) is 0 Å². The smallest absolute Gasteiger partial charge is 0.335 e. The summed E-state index contributed by atoms with van der Waals surface area (Å²) in [7, 11) is 0. The standard InChI is InChI=1S/C14H14O2/c1-3-5-9-12-10-6-7-11-13(12)16-14(15)8-4-2/h3-11H,1H2,2H3/b8-4-,9-5+. The fraction of sp³-hybridized carbons (Fsp3) is 0.0714. The molecule has 2 heteroatoms. The topological polar surface area (TPSA) is 26.3 Å². The van der Waals surface area contributed by atoms with Crippen molar-refractivity contribution in [2.24, 2.45) is 0 Å². The molecule has 0 radical (unpaired) electrons. The monoisotopic (exact) mass is 214 g/mol. The Kier molecular flexibility index (Phi) is 4.80. The van der Waals surface area contributed by atoms with Gasteiger partial charge in [-0.25, -0.2) is 4.79 Å². The molecule has 0 spiro atoms. The van der Waals surface area contributed by atoms with E-state index in [2.05, 4.69) is 6.58 Å². The molecule has 0 aliphatic rings. The minimum atomic E-state index is -0.373. The molecule has 0 unspecified atom stereocenters. The molecule has 0 atom stereocenters. The van der Waals surface area contributed by atoms with Crippen molar-refractivity contribution in [1.82, 2.24) is 0 Å². The Morgan fingerprint density at radius 3 is 2.81 bits per heavy atom. The molecule has 0 saturated carbocycles. The SMILES string of the molecule is C=C/C=C/c1ccccc1OC(=O)/C=C\C. The zero-order valence-electron chi connectivity index (χ0n) is 9.22. The summed E-state index contributed by atoms with van der Waals surface area (Å²) in [5.41, 5.74) is 0.847. The molecule has 1 aromatic carbocycles. The first-order valence-corrected chi connectivity index (χ1v) is 5.00. The van der Waals surface area contributed by atoms with E-state index in [1.807, 2.05) is 24.3 Å². The average Bonchev–Trinajstić information content (AvgIpc) is 2.28. The van der Waals surface area contributed by atoms with Crippen molar-refractivity contribution in [3.8, 4) is 5.75 Å². The second-order valence-electron chi connectivity index (χ2n) is 3.05. The first kappa shape index (κ1) is 12.0. The van der Waals surface area contributed by atoms with Gasteiger partial charge in [0.05, 0.1) is 0 Å². The highest BCUT2D eigenvalue weighted by Gasteiger charge is 2.03. The molecular weight excluding hydrogens is 200 g/mol. The molecule has 0 aromatic heterocycles. The fourth-order valence-corrected chi connectivity index (χ4v) is 1.16. The highest BCUT2D eigenvalue weighted by atomic mass is 16.5. The van der Waals surface area contributed by atoms with Gasteiger partial charge in [-0.15, -0.1) is 0 Å². The minimum absolute atomic E-state index is 0.373. The molecule has 0 N–H and O–H groups in total. The van der Waals surface area contributed by atoms with Gasteiger partial charge in [-0.05, 0) is 13.0 Å². The number of benzene rings is 1. The van der Waals surface area contributed by atoms with Gasteiger partial charge in [0.25, 0.3) is 0 Å². The lowest BCUT2D eigenvalue weighted by molar-refractivity contribution is -0.129. The van der Waals surface area contributed by atoms with E-state index in [0.717, 1.165) is 5.56 Å². The Labute approximate surface area is 95.6 Å². The highest BCUT2D eigenvalue weighted by Crippen LogP contribution is 2.19. The maximum atomic E-state index is 11.3. The van der Waals surface area contributed by atoms with E-state index in [-0.39, 0.29) is 5.97 Å². The van der Waals surface area contributed by atoms with E-state index in [0.29, 0.717) is 5.75 Å². The van der Waals surface area contributed by atoms with Crippen LogP contribution in [0.15, 0.2) is 55.1 Å². The molecule has 2 nitrogen and oxygen atoms in total. The summed E-state index contributed by atoms with van der Waals surface area (Å²) in [4.78, 5) is 11.3. The third kappa shape index (κ3) is 3.58. The Morgan fingerprint density at radius 2 is 2.12 bits per heavy atom. The van der Waals surface area contributed by atoms with Crippen LogP contribution < -0.4 is 4.74 Å². The van der Waals surface area contributed by atoms with Crippen LogP contribution in [-0.2, 0) is 4.79 Å². The van der Waals surface area contributed by atoms with Crippen LogP contribution in [0, 0.1) is 0 Å². The molecule has 82 valence electrons. The van der Waals surface area contributed by atoms with Gasteiger partial charge in [0.15, 0.2) is 0 Å². The second-order valence-corrected chi connectivity index (χ2v) is 3.05. The maximum absolute atomic E-state index is 11.3. The van der Waals surface area contributed by atoms with Gasteiger partial charge in [-0.3, -0.25) is 0 Å². The molecule has 0 aliphatic heterocycles. The number of allylic oxidation sites excluding steroid dienone is 3. The minimum Gasteiger partial charge on any atom is -0.423 e. The van der Waals surface area contributed by atoms with Crippen LogP contribution in [0.1, 0.15) is 12.5 Å². The van der Waals surface area contributed by atoms with Gasteiger partial charge in [0.1, 0.15) is 5.75 Å². The summed E-state index contributed by atoms with van der Waals surface area (Å²) < 4.78 is 5.17. The molecule has 0 bridgehead atoms. The van der Waals surface area contributed by atoms with Crippen molar-refractivity contribution >= 4 is 12.0 Å². The molecule has 0 amide bonds. The summed E-state index contributed by atoms with van der Waals surface area (Å²) in [6.07, 6.45) is 8.33. The van der Waals surface area contributed by atoms with Crippen molar-refractivity contribution in [2.45, 2.75) is 6.92 Å². The highest BCUT2D eigenvalue weighted by molar-refractivity contribution is 5.84. The summed E-state index contributed by atoms with van der Waals surface area (Å²) in [5.74, 6) is 0.172. The van der Waals surface area contributed by atoms with E-state index in [1.54, 1.807) is 31.2 Å². The quantitative estimate of drug-likeness (QED) is 0.332. The number of hydrogen-bond acceptors (Lipinski definition) is 2. The molecule has 0 saturated heterocycles. The second kappa shape index (κ2) is 6.40. The van der Waals surface area contributed by atoms with Crippen LogP contribution >= 0.6 is 0 Å². The van der Waals surface area contributed by atoms with Crippen molar-refractivity contribution in [1.29, 1.82) is 0 Å². The third-order valence-corrected chi connectivity index (χ3v) is 1.84. The number of carbonyl (C=O) groups is 1. The lowest BCUT2D eigenvalue weighted by Crippen LogP contribution is -2.04. The molecule has 1 rings (SSSR count). The first-order chi connectivity index (χ1) is 7.77. The van der Waals surface area contributed by atoms with Crippen LogP contribution in [0.3, 0.4) is 0 Å². The molecular formula is C14H14O2. The molecule has 0 heterocycles. The van der Waals surface area contributed by atoms with Crippen LogP contribution in [0.4, 0.5) is 0 Å². The maximum Gasteiger partial charge on any atom is 0.335 e. The predicted octanol–water partition coefficient (Wildman–Crippen LogP) is 3.37. The predicted molar refractivity (Wildman–Crippen MR) is 66.1 cm³/mol.